The zero-order valence-electron chi connectivity index (χ0n) is 8.91. The van der Waals surface area contributed by atoms with E-state index in [4.69, 9.17) is 10.00 Å². The van der Waals surface area contributed by atoms with Gasteiger partial charge in [0.25, 0.3) is 0 Å². The van der Waals surface area contributed by atoms with E-state index in [2.05, 4.69) is 15.9 Å². The van der Waals surface area contributed by atoms with Crippen molar-refractivity contribution in [3.8, 4) is 6.07 Å². The first-order chi connectivity index (χ1) is 6.86. The van der Waals surface area contributed by atoms with E-state index in [9.17, 15) is 0 Å². The highest BCUT2D eigenvalue weighted by Gasteiger charge is 2.15. The van der Waals surface area contributed by atoms with Crippen molar-refractivity contribution in [1.29, 1.82) is 5.26 Å². The summed E-state index contributed by atoms with van der Waals surface area (Å²) >= 11 is 0. The molecule has 1 saturated heterocycles. The van der Waals surface area contributed by atoms with Crippen molar-refractivity contribution in [2.75, 3.05) is 52.5 Å². The van der Waals surface area contributed by atoms with Crippen LogP contribution in [0, 0.1) is 11.3 Å². The van der Waals surface area contributed by atoms with Gasteiger partial charge in [-0.15, -0.1) is 0 Å². The van der Waals surface area contributed by atoms with Gasteiger partial charge in [-0.05, 0) is 6.92 Å². The van der Waals surface area contributed by atoms with Crippen LogP contribution in [0.4, 0.5) is 0 Å². The van der Waals surface area contributed by atoms with E-state index in [0.29, 0.717) is 6.54 Å². The molecule has 14 heavy (non-hydrogen) atoms. The average Bonchev–Trinajstić information content (AvgIpc) is 2.21. The number of nitriles is 1. The number of ether oxygens (including phenoxy) is 1. The Labute approximate surface area is 86.0 Å². The SMILES string of the molecule is CCOCCN1CCN(CC#N)CC1. The first-order valence-corrected chi connectivity index (χ1v) is 5.26. The molecule has 1 aliphatic heterocycles. The third kappa shape index (κ3) is 4.05. The van der Waals surface area contributed by atoms with Gasteiger partial charge in [-0.25, -0.2) is 0 Å². The van der Waals surface area contributed by atoms with E-state index < -0.39 is 0 Å². The molecule has 0 atom stereocenters. The summed E-state index contributed by atoms with van der Waals surface area (Å²) in [6, 6.07) is 2.19. The molecule has 0 amide bonds. The Morgan fingerprint density at radius 2 is 1.86 bits per heavy atom. The number of hydrogen-bond donors (Lipinski definition) is 0. The third-order valence-corrected chi connectivity index (χ3v) is 2.52. The van der Waals surface area contributed by atoms with Crippen LogP contribution in [0.1, 0.15) is 6.92 Å². The van der Waals surface area contributed by atoms with Gasteiger partial charge in [0.15, 0.2) is 0 Å². The van der Waals surface area contributed by atoms with Crippen LogP contribution in [0.15, 0.2) is 0 Å². The van der Waals surface area contributed by atoms with Crippen LogP contribution < -0.4 is 0 Å². The minimum absolute atomic E-state index is 0.569. The lowest BCUT2D eigenvalue weighted by atomic mass is 10.3. The van der Waals surface area contributed by atoms with Gasteiger partial charge < -0.3 is 4.74 Å². The fraction of sp³-hybridized carbons (Fsp3) is 0.900. The molecule has 0 bridgehead atoms. The van der Waals surface area contributed by atoms with Crippen LogP contribution in [-0.2, 0) is 4.74 Å². The number of nitrogens with zero attached hydrogens (tertiary/aromatic N) is 3. The molecular weight excluding hydrogens is 178 g/mol. The summed E-state index contributed by atoms with van der Waals surface area (Å²) < 4.78 is 5.30. The monoisotopic (exact) mass is 197 g/mol. The van der Waals surface area contributed by atoms with Gasteiger partial charge in [0.1, 0.15) is 0 Å². The minimum atomic E-state index is 0.569. The van der Waals surface area contributed by atoms with E-state index in [1.54, 1.807) is 0 Å². The minimum Gasteiger partial charge on any atom is -0.380 e. The predicted octanol–water partition coefficient (Wildman–Crippen LogP) is 0.164. The Morgan fingerprint density at radius 3 is 2.43 bits per heavy atom. The zero-order valence-corrected chi connectivity index (χ0v) is 8.91. The maximum Gasteiger partial charge on any atom is 0.0866 e. The second-order valence-corrected chi connectivity index (χ2v) is 3.47. The molecule has 0 saturated carbocycles. The van der Waals surface area contributed by atoms with Crippen molar-refractivity contribution in [3.63, 3.8) is 0 Å². The molecule has 1 heterocycles. The summed E-state index contributed by atoms with van der Waals surface area (Å²) in [6.45, 7) is 9.39. The fourth-order valence-corrected chi connectivity index (χ4v) is 1.61. The molecule has 4 nitrogen and oxygen atoms in total. The van der Waals surface area contributed by atoms with Crippen molar-refractivity contribution in [2.45, 2.75) is 6.92 Å². The summed E-state index contributed by atoms with van der Waals surface area (Å²) in [5.74, 6) is 0. The van der Waals surface area contributed by atoms with E-state index in [1.807, 2.05) is 6.92 Å². The van der Waals surface area contributed by atoms with Crippen molar-refractivity contribution in [3.05, 3.63) is 0 Å². The first kappa shape index (κ1) is 11.4. The van der Waals surface area contributed by atoms with Crippen LogP contribution in [0.2, 0.25) is 0 Å². The van der Waals surface area contributed by atoms with Crippen LogP contribution in [0.3, 0.4) is 0 Å². The molecular formula is C10H19N3O. The predicted molar refractivity (Wildman–Crippen MR) is 55.0 cm³/mol. The van der Waals surface area contributed by atoms with Gasteiger partial charge in [0.05, 0.1) is 19.2 Å². The number of rotatable bonds is 5. The largest absolute Gasteiger partial charge is 0.380 e. The molecule has 0 aromatic heterocycles. The Balaban J connectivity index is 2.07. The highest BCUT2D eigenvalue weighted by molar-refractivity contribution is 4.80. The number of hydrogen-bond acceptors (Lipinski definition) is 4. The van der Waals surface area contributed by atoms with Crippen molar-refractivity contribution in [1.82, 2.24) is 9.80 Å². The molecule has 0 aliphatic carbocycles. The van der Waals surface area contributed by atoms with E-state index in [1.165, 1.54) is 0 Å². The molecule has 1 rings (SSSR count). The average molecular weight is 197 g/mol. The van der Waals surface area contributed by atoms with E-state index in [-0.39, 0.29) is 0 Å². The molecule has 1 aliphatic rings. The van der Waals surface area contributed by atoms with Crippen molar-refractivity contribution in [2.24, 2.45) is 0 Å². The van der Waals surface area contributed by atoms with Crippen LogP contribution in [0.5, 0.6) is 0 Å². The molecule has 1 fully saturated rings. The van der Waals surface area contributed by atoms with Crippen molar-refractivity contribution < 1.29 is 4.74 Å². The normalized spacial score (nSPS) is 19.4. The quantitative estimate of drug-likeness (QED) is 0.465. The van der Waals surface area contributed by atoms with Gasteiger partial charge >= 0.3 is 0 Å². The zero-order chi connectivity index (χ0) is 10.2. The Hall–Kier alpha value is -0.630. The standard InChI is InChI=1S/C10H19N3O/c1-2-14-10-9-13-7-5-12(4-3-11)6-8-13/h2,4-10H2,1H3. The molecule has 0 unspecified atom stereocenters. The Bertz CT molecular complexity index is 182. The highest BCUT2D eigenvalue weighted by atomic mass is 16.5. The maximum absolute atomic E-state index is 8.53. The molecule has 80 valence electrons. The van der Waals surface area contributed by atoms with Gasteiger partial charge in [-0.1, -0.05) is 0 Å². The second kappa shape index (κ2) is 6.77. The lowest BCUT2D eigenvalue weighted by Gasteiger charge is -2.33. The molecule has 0 radical (unpaired) electrons. The van der Waals surface area contributed by atoms with Crippen molar-refractivity contribution >= 4 is 0 Å². The molecule has 0 aromatic carbocycles. The smallest absolute Gasteiger partial charge is 0.0866 e. The summed E-state index contributed by atoms with van der Waals surface area (Å²) in [5.41, 5.74) is 0. The summed E-state index contributed by atoms with van der Waals surface area (Å²) in [7, 11) is 0. The first-order valence-electron chi connectivity index (χ1n) is 5.26. The summed E-state index contributed by atoms with van der Waals surface area (Å²) in [6.07, 6.45) is 0. The molecule has 0 N–H and O–H groups in total. The second-order valence-electron chi connectivity index (χ2n) is 3.47. The van der Waals surface area contributed by atoms with Crippen LogP contribution in [0.25, 0.3) is 0 Å². The molecule has 4 heteroatoms. The lowest BCUT2D eigenvalue weighted by Crippen LogP contribution is -2.47. The topological polar surface area (TPSA) is 39.5 Å². The van der Waals surface area contributed by atoms with E-state index in [0.717, 1.165) is 45.9 Å². The van der Waals surface area contributed by atoms with Crippen LogP contribution >= 0.6 is 0 Å². The van der Waals surface area contributed by atoms with Crippen LogP contribution in [-0.4, -0.2) is 62.3 Å². The molecule has 0 aromatic rings. The third-order valence-electron chi connectivity index (χ3n) is 2.52. The summed E-state index contributed by atoms with van der Waals surface area (Å²) in [5, 5.41) is 8.53. The fourth-order valence-electron chi connectivity index (χ4n) is 1.61. The van der Waals surface area contributed by atoms with Gasteiger partial charge in [0.2, 0.25) is 0 Å². The number of piperazine rings is 1. The van der Waals surface area contributed by atoms with E-state index >= 15 is 0 Å². The van der Waals surface area contributed by atoms with Gasteiger partial charge in [0, 0.05) is 39.3 Å². The van der Waals surface area contributed by atoms with Gasteiger partial charge in [-0.2, -0.15) is 5.26 Å². The van der Waals surface area contributed by atoms with Gasteiger partial charge in [-0.3, -0.25) is 9.80 Å². The Morgan fingerprint density at radius 1 is 1.21 bits per heavy atom. The maximum atomic E-state index is 8.53. The lowest BCUT2D eigenvalue weighted by molar-refractivity contribution is 0.0848. The Kier molecular flexibility index (Phi) is 5.53. The highest BCUT2D eigenvalue weighted by Crippen LogP contribution is 2.00. The molecule has 0 spiro atoms. The summed E-state index contributed by atoms with van der Waals surface area (Å²) in [4.78, 5) is 4.58.